The molecular formula is C53H31N7. The predicted octanol–water partition coefficient (Wildman–Crippen LogP) is 13.2. The van der Waals surface area contributed by atoms with Gasteiger partial charge >= 0.3 is 0 Å². The molecule has 60 heavy (non-hydrogen) atoms. The molecule has 11 rings (SSSR count). The summed E-state index contributed by atoms with van der Waals surface area (Å²) in [5, 5.41) is 14.0. The number of nitriles is 1. The van der Waals surface area contributed by atoms with Crippen molar-refractivity contribution in [2.45, 2.75) is 0 Å². The highest BCUT2D eigenvalue weighted by Crippen LogP contribution is 2.42. The Morgan fingerprint density at radius 3 is 1.75 bits per heavy atom. The average molecular weight is 766 g/mol. The van der Waals surface area contributed by atoms with Crippen molar-refractivity contribution >= 4 is 49.3 Å². The van der Waals surface area contributed by atoms with Gasteiger partial charge in [0.25, 0.3) is 0 Å². The molecule has 0 saturated heterocycles. The Kier molecular flexibility index (Phi) is 8.11. The summed E-state index contributed by atoms with van der Waals surface area (Å²) in [6.07, 6.45) is 0. The fraction of sp³-hybridized carbons (Fsp3) is 0. The zero-order valence-corrected chi connectivity index (χ0v) is 32.0. The molecule has 278 valence electrons. The third kappa shape index (κ3) is 5.61. The Morgan fingerprint density at radius 1 is 0.450 bits per heavy atom. The van der Waals surface area contributed by atoms with E-state index in [1.165, 1.54) is 5.39 Å². The monoisotopic (exact) mass is 765 g/mol. The summed E-state index contributed by atoms with van der Waals surface area (Å²) in [6, 6.07) is 65.9. The Balaban J connectivity index is 1.25. The van der Waals surface area contributed by atoms with Gasteiger partial charge in [0.05, 0.1) is 46.0 Å². The summed E-state index contributed by atoms with van der Waals surface area (Å²) >= 11 is 0. The summed E-state index contributed by atoms with van der Waals surface area (Å²) in [7, 11) is 0. The lowest BCUT2D eigenvalue weighted by atomic mass is 9.98. The molecule has 7 heteroatoms. The number of hydrogen-bond donors (Lipinski definition) is 0. The standard InChI is InChI=1S/C53H31N7/c1-55-38-26-29-48-44(32-38)43-30-34(33-54)24-27-47(43)60(48)49-28-25-37(40-21-13-22-42-41-20-11-12-23-46(41)59(50(40)42)39-18-9-4-10-19-39)31-45(49)53-57-51(35-14-5-2-6-15-35)56-52(58-53)36-16-7-3-8-17-36/h2-32H. The number of fused-ring (bicyclic) bond motifs is 6. The fourth-order valence-electron chi connectivity index (χ4n) is 8.51. The maximum Gasteiger partial charge on any atom is 0.188 e. The van der Waals surface area contributed by atoms with Crippen molar-refractivity contribution in [1.82, 2.24) is 24.1 Å². The molecule has 0 radical (unpaired) electrons. The largest absolute Gasteiger partial charge is 0.309 e. The van der Waals surface area contributed by atoms with Crippen LogP contribution in [0.25, 0.3) is 105 Å². The van der Waals surface area contributed by atoms with Gasteiger partial charge in [-0.2, -0.15) is 5.26 Å². The van der Waals surface area contributed by atoms with Gasteiger partial charge < -0.3 is 9.13 Å². The average Bonchev–Trinajstić information content (AvgIpc) is 3.84. The highest BCUT2D eigenvalue weighted by Gasteiger charge is 2.23. The Hall–Kier alpha value is -8.65. The topological polar surface area (TPSA) is 76.7 Å². The summed E-state index contributed by atoms with van der Waals surface area (Å²) in [6.45, 7) is 7.81. The molecule has 0 aliphatic carbocycles. The molecule has 3 heterocycles. The van der Waals surface area contributed by atoms with Crippen molar-refractivity contribution in [2.24, 2.45) is 0 Å². The number of nitrogens with zero attached hydrogens (tertiary/aromatic N) is 7. The zero-order chi connectivity index (χ0) is 40.2. The molecule has 3 aromatic heterocycles. The van der Waals surface area contributed by atoms with E-state index in [0.717, 1.165) is 77.4 Å². The van der Waals surface area contributed by atoms with E-state index in [-0.39, 0.29) is 0 Å². The first-order chi connectivity index (χ1) is 29.7. The van der Waals surface area contributed by atoms with Crippen LogP contribution in [0, 0.1) is 17.9 Å². The Bertz CT molecular complexity index is 3430. The molecule has 0 aliphatic heterocycles. The molecular weight excluding hydrogens is 735 g/mol. The van der Waals surface area contributed by atoms with Crippen LogP contribution in [0.1, 0.15) is 5.56 Å². The maximum absolute atomic E-state index is 9.95. The van der Waals surface area contributed by atoms with Crippen molar-refractivity contribution in [3.05, 3.63) is 205 Å². The number of para-hydroxylation sites is 3. The van der Waals surface area contributed by atoms with Crippen molar-refractivity contribution in [2.75, 3.05) is 0 Å². The van der Waals surface area contributed by atoms with E-state index in [9.17, 15) is 5.26 Å². The lowest BCUT2D eigenvalue weighted by Gasteiger charge is -2.17. The van der Waals surface area contributed by atoms with Gasteiger partial charge in [-0.3, -0.25) is 0 Å². The zero-order valence-electron chi connectivity index (χ0n) is 32.0. The highest BCUT2D eigenvalue weighted by molar-refractivity contribution is 6.14. The molecule has 0 N–H and O–H groups in total. The molecule has 7 nitrogen and oxygen atoms in total. The lowest BCUT2D eigenvalue weighted by Crippen LogP contribution is -2.04. The minimum Gasteiger partial charge on any atom is -0.309 e. The van der Waals surface area contributed by atoms with Crippen molar-refractivity contribution in [1.29, 1.82) is 5.26 Å². The number of benzene rings is 8. The number of hydrogen-bond acceptors (Lipinski definition) is 4. The minimum absolute atomic E-state index is 0.511. The van der Waals surface area contributed by atoms with Crippen LogP contribution in [-0.2, 0) is 0 Å². The minimum atomic E-state index is 0.511. The number of rotatable bonds is 6. The summed E-state index contributed by atoms with van der Waals surface area (Å²) in [4.78, 5) is 19.3. The predicted molar refractivity (Wildman–Crippen MR) is 241 cm³/mol. The first-order valence-electron chi connectivity index (χ1n) is 19.6. The highest BCUT2D eigenvalue weighted by atomic mass is 15.1. The van der Waals surface area contributed by atoms with E-state index in [1.807, 2.05) is 103 Å². The van der Waals surface area contributed by atoms with Gasteiger partial charge in [-0.15, -0.1) is 0 Å². The van der Waals surface area contributed by atoms with Crippen molar-refractivity contribution < 1.29 is 0 Å². The van der Waals surface area contributed by atoms with Crippen molar-refractivity contribution in [3.63, 3.8) is 0 Å². The quantitative estimate of drug-likeness (QED) is 0.158. The molecule has 8 aromatic carbocycles. The lowest BCUT2D eigenvalue weighted by molar-refractivity contribution is 1.06. The maximum atomic E-state index is 9.95. The normalized spacial score (nSPS) is 11.3. The molecule has 0 atom stereocenters. The van der Waals surface area contributed by atoms with E-state index < -0.39 is 0 Å². The van der Waals surface area contributed by atoms with E-state index in [1.54, 1.807) is 0 Å². The van der Waals surface area contributed by atoms with Gasteiger partial charge in [-0.05, 0) is 71.6 Å². The third-order valence-corrected chi connectivity index (χ3v) is 11.2. The molecule has 0 unspecified atom stereocenters. The fourth-order valence-corrected chi connectivity index (χ4v) is 8.51. The van der Waals surface area contributed by atoms with Gasteiger partial charge in [-0.1, -0.05) is 127 Å². The SMILES string of the molecule is [C-]#[N+]c1ccc2c(c1)c1cc(C#N)ccc1n2-c1ccc(-c2cccc3c4ccccc4n(-c4ccccc4)c23)cc1-c1nc(-c2ccccc2)nc(-c2ccccc2)n1. The second kappa shape index (κ2) is 14.1. The van der Waals surface area contributed by atoms with Crippen LogP contribution >= 0.6 is 0 Å². The van der Waals surface area contributed by atoms with Crippen LogP contribution in [0.5, 0.6) is 0 Å². The van der Waals surface area contributed by atoms with Crippen LogP contribution in [0.2, 0.25) is 0 Å². The molecule has 0 aliphatic rings. The van der Waals surface area contributed by atoms with Gasteiger partial charge in [-0.25, -0.2) is 19.8 Å². The van der Waals surface area contributed by atoms with Gasteiger partial charge in [0.1, 0.15) is 0 Å². The Labute approximate surface area is 345 Å². The second-order valence-corrected chi connectivity index (χ2v) is 14.7. The van der Waals surface area contributed by atoms with Gasteiger partial charge in [0.2, 0.25) is 0 Å². The third-order valence-electron chi connectivity index (χ3n) is 11.2. The summed E-state index contributed by atoms with van der Waals surface area (Å²) in [5.74, 6) is 1.63. The van der Waals surface area contributed by atoms with Crippen LogP contribution in [0.3, 0.4) is 0 Å². The summed E-state index contributed by atoms with van der Waals surface area (Å²) in [5.41, 5.74) is 11.6. The number of aromatic nitrogens is 5. The second-order valence-electron chi connectivity index (χ2n) is 14.7. The van der Waals surface area contributed by atoms with E-state index in [4.69, 9.17) is 21.5 Å². The first-order valence-corrected chi connectivity index (χ1v) is 19.6. The van der Waals surface area contributed by atoms with E-state index >= 15 is 0 Å². The van der Waals surface area contributed by atoms with Gasteiger partial charge in [0.15, 0.2) is 23.2 Å². The van der Waals surface area contributed by atoms with Crippen molar-refractivity contribution in [3.8, 4) is 62.7 Å². The van der Waals surface area contributed by atoms with E-state index in [0.29, 0.717) is 28.7 Å². The molecule has 0 spiro atoms. The van der Waals surface area contributed by atoms with Crippen LogP contribution in [0.15, 0.2) is 188 Å². The first kappa shape index (κ1) is 34.6. The smallest absolute Gasteiger partial charge is 0.188 e. The van der Waals surface area contributed by atoms with Gasteiger partial charge in [0, 0.05) is 44.1 Å². The molecule has 0 bridgehead atoms. The van der Waals surface area contributed by atoms with Crippen LogP contribution in [-0.4, -0.2) is 24.1 Å². The van der Waals surface area contributed by atoms with E-state index in [2.05, 4.69) is 105 Å². The molecule has 0 fully saturated rings. The molecule has 0 saturated carbocycles. The van der Waals surface area contributed by atoms with Crippen LogP contribution in [0.4, 0.5) is 5.69 Å². The molecule has 11 aromatic rings. The summed E-state index contributed by atoms with van der Waals surface area (Å²) < 4.78 is 4.56. The van der Waals surface area contributed by atoms with Crippen LogP contribution < -0.4 is 0 Å². The Morgan fingerprint density at radius 2 is 1.05 bits per heavy atom. The molecule has 0 amide bonds.